The number of nitrogens with one attached hydrogen (secondary N) is 1. The number of nitrogens with zero attached hydrogens (tertiary/aromatic N) is 1. The zero-order valence-electron chi connectivity index (χ0n) is 9.99. The maximum Gasteiger partial charge on any atom is 0.235 e. The maximum atomic E-state index is 11.1. The molecule has 15 heavy (non-hydrogen) atoms. The average molecular weight is 213 g/mol. The van der Waals surface area contributed by atoms with Gasteiger partial charge in [-0.3, -0.25) is 15.1 Å². The predicted molar refractivity (Wildman–Crippen MR) is 60.9 cm³/mol. The van der Waals surface area contributed by atoms with E-state index in [1.807, 2.05) is 0 Å². The second-order valence-corrected chi connectivity index (χ2v) is 4.87. The van der Waals surface area contributed by atoms with Gasteiger partial charge in [-0.2, -0.15) is 0 Å². The molecule has 1 aliphatic rings. The summed E-state index contributed by atoms with van der Waals surface area (Å²) in [6, 6.07) is 0.576. The summed E-state index contributed by atoms with van der Waals surface area (Å²) in [7, 11) is 0. The number of carbonyl (C=O) groups excluding carboxylic acids is 1. The highest BCUT2D eigenvalue weighted by Gasteiger charge is 2.28. The van der Waals surface area contributed by atoms with Crippen LogP contribution in [0.1, 0.15) is 33.6 Å². The highest BCUT2D eigenvalue weighted by molar-refractivity contribution is 5.75. The van der Waals surface area contributed by atoms with E-state index in [0.717, 1.165) is 24.9 Å². The van der Waals surface area contributed by atoms with Crippen molar-refractivity contribution in [2.75, 3.05) is 13.1 Å². The van der Waals surface area contributed by atoms with Gasteiger partial charge in [0.25, 0.3) is 0 Å². The lowest BCUT2D eigenvalue weighted by Gasteiger charge is -2.41. The van der Waals surface area contributed by atoms with Crippen LogP contribution in [0.4, 0.5) is 0 Å². The molecule has 1 amide bonds. The fourth-order valence-corrected chi connectivity index (χ4v) is 2.44. The third kappa shape index (κ3) is 3.47. The van der Waals surface area contributed by atoms with Gasteiger partial charge in [-0.1, -0.05) is 13.8 Å². The van der Waals surface area contributed by atoms with E-state index in [1.165, 1.54) is 6.42 Å². The first-order chi connectivity index (χ1) is 7.04. The number of likely N-dealkylation sites (tertiary alicyclic amines) is 1. The average Bonchev–Trinajstić information content (AvgIpc) is 2.20. The van der Waals surface area contributed by atoms with Gasteiger partial charge < -0.3 is 0 Å². The molecular formula is C11H23N3O. The third-order valence-corrected chi connectivity index (χ3v) is 3.51. The molecule has 3 unspecified atom stereocenters. The van der Waals surface area contributed by atoms with E-state index in [0.29, 0.717) is 12.5 Å². The minimum atomic E-state index is -0.0759. The summed E-state index contributed by atoms with van der Waals surface area (Å²) in [5.41, 5.74) is 2.18. The summed E-state index contributed by atoms with van der Waals surface area (Å²) in [4.78, 5) is 13.5. The Hall–Kier alpha value is -0.610. The van der Waals surface area contributed by atoms with Crippen molar-refractivity contribution in [2.45, 2.75) is 39.7 Å². The Morgan fingerprint density at radius 2 is 2.13 bits per heavy atom. The lowest BCUT2D eigenvalue weighted by atomic mass is 9.86. The van der Waals surface area contributed by atoms with Crippen LogP contribution in [0.3, 0.4) is 0 Å². The molecule has 0 aliphatic carbocycles. The second kappa shape index (κ2) is 5.47. The van der Waals surface area contributed by atoms with Gasteiger partial charge in [-0.15, -0.1) is 0 Å². The maximum absolute atomic E-state index is 11.1. The number of rotatable bonds is 3. The number of hydrogen-bond donors (Lipinski definition) is 2. The summed E-state index contributed by atoms with van der Waals surface area (Å²) >= 11 is 0. The molecule has 1 fully saturated rings. The van der Waals surface area contributed by atoms with Crippen LogP contribution in [-0.4, -0.2) is 29.9 Å². The van der Waals surface area contributed by atoms with Crippen molar-refractivity contribution in [3.63, 3.8) is 0 Å². The van der Waals surface area contributed by atoms with Crippen LogP contribution in [0.25, 0.3) is 0 Å². The molecule has 88 valence electrons. The van der Waals surface area contributed by atoms with E-state index in [2.05, 4.69) is 31.1 Å². The van der Waals surface area contributed by atoms with Crippen molar-refractivity contribution in [1.29, 1.82) is 0 Å². The predicted octanol–water partition coefficient (Wildman–Crippen LogP) is 0.733. The van der Waals surface area contributed by atoms with Crippen LogP contribution in [0.2, 0.25) is 0 Å². The second-order valence-electron chi connectivity index (χ2n) is 4.87. The van der Waals surface area contributed by atoms with Gasteiger partial charge in [-0.05, 0) is 25.2 Å². The number of piperidine rings is 1. The molecule has 0 spiro atoms. The molecule has 4 heteroatoms. The van der Waals surface area contributed by atoms with Gasteiger partial charge in [0.1, 0.15) is 0 Å². The highest BCUT2D eigenvalue weighted by atomic mass is 16.2. The van der Waals surface area contributed by atoms with Crippen LogP contribution >= 0.6 is 0 Å². The Balaban J connectivity index is 2.41. The molecule has 3 atom stereocenters. The molecule has 0 radical (unpaired) electrons. The van der Waals surface area contributed by atoms with E-state index in [4.69, 9.17) is 5.84 Å². The van der Waals surface area contributed by atoms with E-state index in [1.54, 1.807) is 0 Å². The normalized spacial score (nSPS) is 32.7. The van der Waals surface area contributed by atoms with Crippen molar-refractivity contribution in [2.24, 2.45) is 17.7 Å². The van der Waals surface area contributed by atoms with Gasteiger partial charge in [0.15, 0.2) is 0 Å². The van der Waals surface area contributed by atoms with E-state index < -0.39 is 0 Å². The van der Waals surface area contributed by atoms with Crippen LogP contribution < -0.4 is 11.3 Å². The molecule has 1 aliphatic heterocycles. The first-order valence-electron chi connectivity index (χ1n) is 5.78. The molecule has 0 aromatic heterocycles. The highest BCUT2D eigenvalue weighted by Crippen LogP contribution is 2.26. The van der Waals surface area contributed by atoms with E-state index in [-0.39, 0.29) is 5.91 Å². The van der Waals surface area contributed by atoms with Gasteiger partial charge in [0.2, 0.25) is 5.91 Å². The molecule has 0 bridgehead atoms. The van der Waals surface area contributed by atoms with Crippen molar-refractivity contribution in [3.8, 4) is 0 Å². The molecular weight excluding hydrogens is 190 g/mol. The van der Waals surface area contributed by atoms with Gasteiger partial charge in [0, 0.05) is 25.6 Å². The molecule has 3 N–H and O–H groups in total. The largest absolute Gasteiger partial charge is 0.300 e. The first kappa shape index (κ1) is 12.5. The van der Waals surface area contributed by atoms with Gasteiger partial charge >= 0.3 is 0 Å². The van der Waals surface area contributed by atoms with Crippen molar-refractivity contribution < 1.29 is 4.79 Å². The minimum absolute atomic E-state index is 0.0759. The monoisotopic (exact) mass is 213 g/mol. The molecule has 4 nitrogen and oxygen atoms in total. The number of hydrazine groups is 1. The van der Waals surface area contributed by atoms with Crippen LogP contribution in [0, 0.1) is 11.8 Å². The lowest BCUT2D eigenvalue weighted by Crippen LogP contribution is -2.47. The standard InChI is InChI=1S/C11H23N3O/c1-8-6-9(2)10(3)14(7-8)5-4-11(15)13-12/h8-10H,4-7,12H2,1-3H3,(H,13,15). The summed E-state index contributed by atoms with van der Waals surface area (Å²) in [5.74, 6) is 6.43. The number of carbonyl (C=O) groups is 1. The molecule has 0 aromatic rings. The molecule has 1 rings (SSSR count). The minimum Gasteiger partial charge on any atom is -0.300 e. The topological polar surface area (TPSA) is 58.4 Å². The first-order valence-corrected chi connectivity index (χ1v) is 5.78. The Morgan fingerprint density at radius 1 is 1.47 bits per heavy atom. The zero-order chi connectivity index (χ0) is 11.4. The third-order valence-electron chi connectivity index (χ3n) is 3.51. The summed E-state index contributed by atoms with van der Waals surface area (Å²) < 4.78 is 0. The molecule has 0 saturated carbocycles. The van der Waals surface area contributed by atoms with Crippen molar-refractivity contribution >= 4 is 5.91 Å². The Kier molecular flexibility index (Phi) is 4.54. The fraction of sp³-hybridized carbons (Fsp3) is 0.909. The van der Waals surface area contributed by atoms with Gasteiger partial charge in [0.05, 0.1) is 0 Å². The summed E-state index contributed by atoms with van der Waals surface area (Å²) in [6.07, 6.45) is 1.79. The van der Waals surface area contributed by atoms with Crippen molar-refractivity contribution in [3.05, 3.63) is 0 Å². The summed E-state index contributed by atoms with van der Waals surface area (Å²) in [5, 5.41) is 0. The van der Waals surface area contributed by atoms with E-state index in [9.17, 15) is 4.79 Å². The van der Waals surface area contributed by atoms with E-state index >= 15 is 0 Å². The fourth-order valence-electron chi connectivity index (χ4n) is 2.44. The Bertz CT molecular complexity index is 220. The summed E-state index contributed by atoms with van der Waals surface area (Å²) in [6.45, 7) is 8.73. The number of hydrogen-bond acceptors (Lipinski definition) is 3. The zero-order valence-corrected chi connectivity index (χ0v) is 9.99. The quantitative estimate of drug-likeness (QED) is 0.413. The Morgan fingerprint density at radius 3 is 2.73 bits per heavy atom. The van der Waals surface area contributed by atoms with Crippen LogP contribution in [0.5, 0.6) is 0 Å². The van der Waals surface area contributed by atoms with Crippen molar-refractivity contribution in [1.82, 2.24) is 10.3 Å². The number of nitrogens with two attached hydrogens (primary N) is 1. The van der Waals surface area contributed by atoms with Gasteiger partial charge in [-0.25, -0.2) is 5.84 Å². The molecule has 1 heterocycles. The van der Waals surface area contributed by atoms with Crippen LogP contribution in [0.15, 0.2) is 0 Å². The van der Waals surface area contributed by atoms with Crippen LogP contribution in [-0.2, 0) is 4.79 Å². The Labute approximate surface area is 92.2 Å². The smallest absolute Gasteiger partial charge is 0.235 e. The lowest BCUT2D eigenvalue weighted by molar-refractivity contribution is -0.121. The number of amides is 1. The molecule has 0 aromatic carbocycles. The molecule has 1 saturated heterocycles. The SMILES string of the molecule is CC1CC(C)C(C)N(CCC(=O)NN)C1.